The number of hydrogen-bond acceptors (Lipinski definition) is 6. The van der Waals surface area contributed by atoms with Crippen molar-refractivity contribution >= 4 is 28.8 Å². The molecule has 0 aliphatic heterocycles. The normalized spacial score (nSPS) is 10.8. The Morgan fingerprint density at radius 2 is 1.87 bits per heavy atom. The summed E-state index contributed by atoms with van der Waals surface area (Å²) in [4.78, 5) is 20.3. The van der Waals surface area contributed by atoms with Gasteiger partial charge in [-0.3, -0.25) is 0 Å². The third-order valence-corrected chi connectivity index (χ3v) is 5.71. The second-order valence-corrected chi connectivity index (χ2v) is 8.19. The Labute approximate surface area is 184 Å². The molecule has 2 aromatic carbocycles. The molecule has 2 N–H and O–H groups in total. The molecule has 0 radical (unpaired) electrons. The first-order valence-corrected chi connectivity index (χ1v) is 10.6. The van der Waals surface area contributed by atoms with Crippen LogP contribution >= 0.6 is 11.3 Å². The predicted molar refractivity (Wildman–Crippen MR) is 123 cm³/mol. The fraction of sp³-hybridized carbons (Fsp3) is 0.125. The van der Waals surface area contributed by atoms with Crippen LogP contribution in [0.15, 0.2) is 72.9 Å². The molecule has 7 heteroatoms. The minimum Gasteiger partial charge on any atom is -0.478 e. The lowest BCUT2D eigenvalue weighted by molar-refractivity contribution is 0.0697. The van der Waals surface area contributed by atoms with Gasteiger partial charge in [0, 0.05) is 29.4 Å². The van der Waals surface area contributed by atoms with Crippen LogP contribution in [-0.4, -0.2) is 21.0 Å². The van der Waals surface area contributed by atoms with Gasteiger partial charge in [0.2, 0.25) is 5.06 Å². The van der Waals surface area contributed by atoms with Crippen molar-refractivity contribution < 1.29 is 14.6 Å². The lowest BCUT2D eigenvalue weighted by atomic mass is 10.1. The van der Waals surface area contributed by atoms with Gasteiger partial charge >= 0.3 is 5.97 Å². The standard InChI is InChI=1S/C24H21N3O3S/c1-15(2)22-27-21(16-7-4-3-5-8-16)24(31-22)30-19-11-12-25-20(14-19)26-18-10-6-9-17(13-18)23(28)29/h3-15H,1-2H3,(H,25,26)(H,28,29). The van der Waals surface area contributed by atoms with Crippen LogP contribution in [0.4, 0.5) is 11.5 Å². The van der Waals surface area contributed by atoms with E-state index in [4.69, 9.17) is 9.72 Å². The number of aromatic nitrogens is 2. The average molecular weight is 432 g/mol. The van der Waals surface area contributed by atoms with Crippen LogP contribution in [0.25, 0.3) is 11.3 Å². The Hall–Kier alpha value is -3.71. The highest BCUT2D eigenvalue weighted by Crippen LogP contribution is 2.40. The molecule has 2 heterocycles. The van der Waals surface area contributed by atoms with Gasteiger partial charge in [0.25, 0.3) is 0 Å². The minimum atomic E-state index is -0.978. The second-order valence-electron chi connectivity index (χ2n) is 7.20. The summed E-state index contributed by atoms with van der Waals surface area (Å²) >= 11 is 1.53. The van der Waals surface area contributed by atoms with Crippen molar-refractivity contribution in [2.24, 2.45) is 0 Å². The summed E-state index contributed by atoms with van der Waals surface area (Å²) < 4.78 is 6.22. The topological polar surface area (TPSA) is 84.3 Å². The van der Waals surface area contributed by atoms with E-state index >= 15 is 0 Å². The molecule has 31 heavy (non-hydrogen) atoms. The molecule has 0 aliphatic rings. The molecule has 6 nitrogen and oxygen atoms in total. The maximum atomic E-state index is 11.2. The number of nitrogens with zero attached hydrogens (tertiary/aromatic N) is 2. The van der Waals surface area contributed by atoms with Crippen LogP contribution in [0.1, 0.15) is 35.1 Å². The molecule has 0 atom stereocenters. The smallest absolute Gasteiger partial charge is 0.335 e. The molecule has 4 rings (SSSR count). The molecule has 2 aromatic heterocycles. The Morgan fingerprint density at radius 3 is 2.61 bits per heavy atom. The summed E-state index contributed by atoms with van der Waals surface area (Å²) in [5.41, 5.74) is 2.65. The Morgan fingerprint density at radius 1 is 1.06 bits per heavy atom. The zero-order valence-corrected chi connectivity index (χ0v) is 17.9. The van der Waals surface area contributed by atoms with Crippen molar-refractivity contribution in [1.29, 1.82) is 0 Å². The largest absolute Gasteiger partial charge is 0.478 e. The SMILES string of the molecule is CC(C)c1nc(-c2ccccc2)c(Oc2ccnc(Nc3cccc(C(=O)O)c3)c2)s1. The van der Waals surface area contributed by atoms with Gasteiger partial charge in [0.05, 0.1) is 10.6 Å². The van der Waals surface area contributed by atoms with E-state index in [1.54, 1.807) is 42.6 Å². The lowest BCUT2D eigenvalue weighted by Crippen LogP contribution is -1.99. The second kappa shape index (κ2) is 8.97. The van der Waals surface area contributed by atoms with E-state index in [-0.39, 0.29) is 5.56 Å². The Kier molecular flexibility index (Phi) is 5.95. The minimum absolute atomic E-state index is 0.204. The number of hydrogen-bond donors (Lipinski definition) is 2. The van der Waals surface area contributed by atoms with Crippen LogP contribution < -0.4 is 10.1 Å². The van der Waals surface area contributed by atoms with Crippen molar-refractivity contribution in [1.82, 2.24) is 9.97 Å². The molecule has 156 valence electrons. The van der Waals surface area contributed by atoms with Gasteiger partial charge in [-0.15, -0.1) is 0 Å². The highest BCUT2D eigenvalue weighted by molar-refractivity contribution is 7.14. The van der Waals surface area contributed by atoms with Gasteiger partial charge in [0.15, 0.2) is 0 Å². The summed E-state index contributed by atoms with van der Waals surface area (Å²) in [7, 11) is 0. The summed E-state index contributed by atoms with van der Waals surface area (Å²) in [5.74, 6) is 0.479. The molecule has 0 bridgehead atoms. The number of carbonyl (C=O) groups is 1. The molecular formula is C24H21N3O3S. The van der Waals surface area contributed by atoms with Gasteiger partial charge in [-0.2, -0.15) is 0 Å². The maximum absolute atomic E-state index is 11.2. The molecule has 0 fully saturated rings. The van der Waals surface area contributed by atoms with Gasteiger partial charge in [-0.1, -0.05) is 61.6 Å². The fourth-order valence-electron chi connectivity index (χ4n) is 2.94. The van der Waals surface area contributed by atoms with Crippen LogP contribution in [0.2, 0.25) is 0 Å². The van der Waals surface area contributed by atoms with E-state index in [2.05, 4.69) is 24.1 Å². The summed E-state index contributed by atoms with van der Waals surface area (Å²) in [6.07, 6.45) is 1.64. The number of anilines is 2. The molecular weight excluding hydrogens is 410 g/mol. The fourth-order valence-corrected chi connectivity index (χ4v) is 3.91. The number of carboxylic acids is 1. The average Bonchev–Trinajstić information content (AvgIpc) is 3.19. The van der Waals surface area contributed by atoms with Gasteiger partial charge in [-0.25, -0.2) is 14.8 Å². The first-order chi connectivity index (χ1) is 15.0. The quantitative estimate of drug-likeness (QED) is 0.345. The van der Waals surface area contributed by atoms with Gasteiger partial charge in [0.1, 0.15) is 17.3 Å². The summed E-state index contributed by atoms with van der Waals surface area (Å²) in [6.45, 7) is 4.22. The molecule has 0 unspecified atom stereocenters. The van der Waals surface area contributed by atoms with Crippen LogP contribution in [-0.2, 0) is 0 Å². The van der Waals surface area contributed by atoms with Crippen molar-refractivity contribution in [3.63, 3.8) is 0 Å². The van der Waals surface area contributed by atoms with Crippen molar-refractivity contribution in [2.75, 3.05) is 5.32 Å². The molecule has 0 aliphatic carbocycles. The van der Waals surface area contributed by atoms with Crippen LogP contribution in [0.3, 0.4) is 0 Å². The third kappa shape index (κ3) is 4.90. The third-order valence-electron chi connectivity index (χ3n) is 4.48. The number of aromatic carboxylic acids is 1. The first kappa shape index (κ1) is 20.6. The lowest BCUT2D eigenvalue weighted by Gasteiger charge is -2.09. The summed E-state index contributed by atoms with van der Waals surface area (Å²) in [6, 6.07) is 20.1. The highest BCUT2D eigenvalue weighted by atomic mass is 32.1. The summed E-state index contributed by atoms with van der Waals surface area (Å²) in [5, 5.41) is 14.0. The number of carboxylic acid groups (broad SMARTS) is 1. The van der Waals surface area contributed by atoms with Crippen molar-refractivity contribution in [3.05, 3.63) is 83.5 Å². The number of thiazole rings is 1. The number of rotatable bonds is 7. The van der Waals surface area contributed by atoms with Crippen LogP contribution in [0.5, 0.6) is 10.8 Å². The maximum Gasteiger partial charge on any atom is 0.335 e. The van der Waals surface area contributed by atoms with Crippen LogP contribution in [0, 0.1) is 0 Å². The van der Waals surface area contributed by atoms with E-state index in [0.717, 1.165) is 21.3 Å². The molecule has 4 aromatic rings. The van der Waals surface area contributed by atoms with E-state index in [9.17, 15) is 9.90 Å². The number of pyridine rings is 1. The monoisotopic (exact) mass is 431 g/mol. The number of nitrogens with one attached hydrogen (secondary N) is 1. The Bertz CT molecular complexity index is 1210. The van der Waals surface area contributed by atoms with E-state index in [0.29, 0.717) is 23.2 Å². The highest BCUT2D eigenvalue weighted by Gasteiger charge is 2.17. The van der Waals surface area contributed by atoms with Gasteiger partial charge < -0.3 is 15.2 Å². The first-order valence-electron chi connectivity index (χ1n) is 9.80. The Balaban J connectivity index is 1.61. The molecule has 0 spiro atoms. The van der Waals surface area contributed by atoms with E-state index < -0.39 is 5.97 Å². The van der Waals surface area contributed by atoms with Crippen molar-refractivity contribution in [3.8, 4) is 22.1 Å². The number of benzene rings is 2. The molecule has 0 saturated carbocycles. The van der Waals surface area contributed by atoms with E-state index in [1.807, 2.05) is 30.3 Å². The number of ether oxygens (including phenoxy) is 1. The zero-order chi connectivity index (χ0) is 21.8. The van der Waals surface area contributed by atoms with E-state index in [1.165, 1.54) is 11.3 Å². The molecule has 0 amide bonds. The van der Waals surface area contributed by atoms with Gasteiger partial charge in [-0.05, 0) is 24.3 Å². The van der Waals surface area contributed by atoms with Crippen molar-refractivity contribution in [2.45, 2.75) is 19.8 Å². The predicted octanol–water partition coefficient (Wildman–Crippen LogP) is 6.56. The molecule has 0 saturated heterocycles. The zero-order valence-electron chi connectivity index (χ0n) is 17.1.